The maximum atomic E-state index is 5.58. The number of aromatic nitrogens is 4. The Labute approximate surface area is 172 Å². The van der Waals surface area contributed by atoms with Crippen molar-refractivity contribution in [2.24, 2.45) is 11.8 Å². The number of nitrogen functional groups attached to an aromatic ring is 1. The topological polar surface area (TPSA) is 103 Å². The first-order valence-corrected chi connectivity index (χ1v) is 10.1. The third-order valence-corrected chi connectivity index (χ3v) is 5.53. The van der Waals surface area contributed by atoms with E-state index in [-0.39, 0.29) is 17.3 Å². The molecule has 0 bridgehead atoms. The molecular formula is C22H30N6O. The summed E-state index contributed by atoms with van der Waals surface area (Å²) in [7, 11) is 0. The van der Waals surface area contributed by atoms with Gasteiger partial charge < -0.3 is 15.6 Å². The predicted octanol–water partition coefficient (Wildman–Crippen LogP) is 4.53. The second-order valence-electron chi connectivity index (χ2n) is 8.30. The van der Waals surface area contributed by atoms with Gasteiger partial charge in [-0.15, -0.1) is 0 Å². The fraction of sp³-hybridized carbons (Fsp3) is 0.455. The quantitative estimate of drug-likeness (QED) is 0.578. The number of rotatable bonds is 8. The summed E-state index contributed by atoms with van der Waals surface area (Å²) in [6, 6.07) is 8.81. The van der Waals surface area contributed by atoms with Crippen molar-refractivity contribution in [3.63, 3.8) is 0 Å². The average Bonchev–Trinajstić information content (AvgIpc) is 3.17. The van der Waals surface area contributed by atoms with Gasteiger partial charge in [-0.2, -0.15) is 4.98 Å². The first-order valence-electron chi connectivity index (χ1n) is 10.1. The lowest BCUT2D eigenvalue weighted by molar-refractivity contribution is 0.351. The lowest BCUT2D eigenvalue weighted by Crippen LogP contribution is -2.31. The number of nitrogens with zero attached hydrogens (tertiary/aromatic N) is 4. The Balaban J connectivity index is 1.85. The van der Waals surface area contributed by atoms with Gasteiger partial charge in [-0.05, 0) is 36.3 Å². The van der Waals surface area contributed by atoms with Crippen LogP contribution in [0.3, 0.4) is 0 Å². The van der Waals surface area contributed by atoms with Crippen molar-refractivity contribution in [1.82, 2.24) is 20.1 Å². The van der Waals surface area contributed by atoms with E-state index in [1.54, 1.807) is 12.4 Å². The lowest BCUT2D eigenvalue weighted by Gasteiger charge is -2.31. The van der Waals surface area contributed by atoms with Crippen molar-refractivity contribution in [2.45, 2.75) is 46.5 Å². The molecule has 1 atom stereocenters. The summed E-state index contributed by atoms with van der Waals surface area (Å²) in [4.78, 5) is 12.8. The average molecular weight is 395 g/mol. The maximum absolute atomic E-state index is 5.58. The Morgan fingerprint density at radius 1 is 1.03 bits per heavy atom. The molecule has 0 saturated carbocycles. The van der Waals surface area contributed by atoms with Crippen molar-refractivity contribution in [1.29, 1.82) is 0 Å². The van der Waals surface area contributed by atoms with Gasteiger partial charge in [-0.1, -0.05) is 57.1 Å². The molecule has 0 aliphatic carbocycles. The minimum Gasteiger partial charge on any atom is -0.368 e. The van der Waals surface area contributed by atoms with Crippen LogP contribution < -0.4 is 11.1 Å². The van der Waals surface area contributed by atoms with Gasteiger partial charge in [0, 0.05) is 24.5 Å². The smallest absolute Gasteiger partial charge is 0.321 e. The summed E-state index contributed by atoms with van der Waals surface area (Å²) in [6.07, 6.45) is 4.51. The second-order valence-corrected chi connectivity index (χ2v) is 8.30. The van der Waals surface area contributed by atoms with Crippen molar-refractivity contribution in [2.75, 3.05) is 17.6 Å². The molecule has 0 aliphatic rings. The molecule has 154 valence electrons. The highest BCUT2D eigenvalue weighted by Crippen LogP contribution is 2.38. The largest absolute Gasteiger partial charge is 0.368 e. The number of hydrogen-bond acceptors (Lipinski definition) is 7. The SMILES string of the molecule is CC(C)CCNc1nc(C(C)(c2ccc(-c3cnc(N)nc3)cc2)C(C)C)no1. The van der Waals surface area contributed by atoms with Gasteiger partial charge in [-0.25, -0.2) is 9.97 Å². The highest BCUT2D eigenvalue weighted by molar-refractivity contribution is 5.62. The number of nitrogens with one attached hydrogen (secondary N) is 1. The van der Waals surface area contributed by atoms with Gasteiger partial charge in [0.15, 0.2) is 5.82 Å². The van der Waals surface area contributed by atoms with E-state index in [4.69, 9.17) is 10.3 Å². The molecule has 7 heteroatoms. The van der Waals surface area contributed by atoms with E-state index in [0.29, 0.717) is 17.8 Å². The van der Waals surface area contributed by atoms with Crippen LogP contribution >= 0.6 is 0 Å². The van der Waals surface area contributed by atoms with E-state index in [1.165, 1.54) is 0 Å². The standard InChI is InChI=1S/C22H30N6O/c1-14(2)10-11-24-21-27-19(28-29-21)22(5,15(3)4)18-8-6-16(7-9-18)17-12-25-20(23)26-13-17/h6-9,12-15H,10-11H2,1-5H3,(H2,23,25,26)(H,24,27,28). The normalized spacial score (nSPS) is 13.6. The van der Waals surface area contributed by atoms with Crippen molar-refractivity contribution in [3.8, 4) is 11.1 Å². The maximum Gasteiger partial charge on any atom is 0.321 e. The van der Waals surface area contributed by atoms with Crippen LogP contribution in [-0.2, 0) is 5.41 Å². The molecule has 29 heavy (non-hydrogen) atoms. The first-order chi connectivity index (χ1) is 13.8. The molecule has 0 spiro atoms. The highest BCUT2D eigenvalue weighted by Gasteiger charge is 2.37. The Bertz CT molecular complexity index is 917. The molecule has 0 radical (unpaired) electrons. The molecule has 2 heterocycles. The number of hydrogen-bond donors (Lipinski definition) is 2. The second kappa shape index (κ2) is 8.59. The zero-order chi connectivity index (χ0) is 21.0. The Kier molecular flexibility index (Phi) is 6.15. The van der Waals surface area contributed by atoms with Gasteiger partial charge in [0.1, 0.15) is 0 Å². The van der Waals surface area contributed by atoms with E-state index < -0.39 is 0 Å². The van der Waals surface area contributed by atoms with Crippen LogP contribution in [0.2, 0.25) is 0 Å². The molecular weight excluding hydrogens is 364 g/mol. The van der Waals surface area contributed by atoms with Crippen molar-refractivity contribution in [3.05, 3.63) is 48.0 Å². The number of benzene rings is 1. The predicted molar refractivity (Wildman–Crippen MR) is 115 cm³/mol. The van der Waals surface area contributed by atoms with Crippen LogP contribution in [0.4, 0.5) is 12.0 Å². The molecule has 3 N–H and O–H groups in total. The Morgan fingerprint density at radius 3 is 2.28 bits per heavy atom. The molecule has 1 unspecified atom stereocenters. The van der Waals surface area contributed by atoms with Gasteiger partial charge in [0.25, 0.3) is 0 Å². The summed E-state index contributed by atoms with van der Waals surface area (Å²) in [6.45, 7) is 11.7. The molecule has 0 fully saturated rings. The summed E-state index contributed by atoms with van der Waals surface area (Å²) in [5.74, 6) is 1.85. The zero-order valence-electron chi connectivity index (χ0n) is 17.8. The van der Waals surface area contributed by atoms with Gasteiger partial charge in [-0.3, -0.25) is 0 Å². The lowest BCUT2D eigenvalue weighted by atomic mass is 9.72. The molecule has 0 saturated heterocycles. The number of nitrogens with two attached hydrogens (primary N) is 1. The number of anilines is 2. The highest BCUT2D eigenvalue weighted by atomic mass is 16.5. The molecule has 2 aromatic heterocycles. The fourth-order valence-corrected chi connectivity index (χ4v) is 3.19. The summed E-state index contributed by atoms with van der Waals surface area (Å²) in [5.41, 5.74) is 8.29. The third kappa shape index (κ3) is 4.55. The molecule has 7 nitrogen and oxygen atoms in total. The zero-order valence-corrected chi connectivity index (χ0v) is 17.8. The first kappa shape index (κ1) is 20.8. The van der Waals surface area contributed by atoms with E-state index in [0.717, 1.165) is 29.7 Å². The van der Waals surface area contributed by atoms with Gasteiger partial charge in [0.05, 0.1) is 5.41 Å². The van der Waals surface area contributed by atoms with Crippen LogP contribution in [0.5, 0.6) is 0 Å². The fourth-order valence-electron chi connectivity index (χ4n) is 3.19. The summed E-state index contributed by atoms with van der Waals surface area (Å²) < 4.78 is 5.47. The Morgan fingerprint density at radius 2 is 1.69 bits per heavy atom. The van der Waals surface area contributed by atoms with Crippen molar-refractivity contribution < 1.29 is 4.52 Å². The third-order valence-electron chi connectivity index (χ3n) is 5.53. The van der Waals surface area contributed by atoms with Crippen LogP contribution in [0.1, 0.15) is 52.4 Å². The van der Waals surface area contributed by atoms with E-state index in [1.807, 2.05) is 0 Å². The minimum absolute atomic E-state index is 0.271. The molecule has 0 amide bonds. The van der Waals surface area contributed by atoms with Crippen molar-refractivity contribution >= 4 is 12.0 Å². The molecule has 1 aromatic carbocycles. The van der Waals surface area contributed by atoms with Crippen LogP contribution in [-0.4, -0.2) is 26.7 Å². The van der Waals surface area contributed by atoms with E-state index in [9.17, 15) is 0 Å². The van der Waals surface area contributed by atoms with Crippen LogP contribution in [0.25, 0.3) is 11.1 Å². The van der Waals surface area contributed by atoms with Gasteiger partial charge >= 0.3 is 6.01 Å². The van der Waals surface area contributed by atoms with E-state index in [2.05, 4.69) is 84.3 Å². The van der Waals surface area contributed by atoms with Crippen LogP contribution in [0, 0.1) is 11.8 Å². The summed E-state index contributed by atoms with van der Waals surface area (Å²) >= 11 is 0. The van der Waals surface area contributed by atoms with Crippen LogP contribution in [0.15, 0.2) is 41.2 Å². The van der Waals surface area contributed by atoms with Gasteiger partial charge in [0.2, 0.25) is 5.95 Å². The van der Waals surface area contributed by atoms with E-state index >= 15 is 0 Å². The Hall–Kier alpha value is -2.96. The molecule has 3 rings (SSSR count). The monoisotopic (exact) mass is 394 g/mol. The molecule has 0 aliphatic heterocycles. The minimum atomic E-state index is -0.377. The molecule has 3 aromatic rings. The summed E-state index contributed by atoms with van der Waals surface area (Å²) in [5, 5.41) is 7.52.